The van der Waals surface area contributed by atoms with Gasteiger partial charge < -0.3 is 0 Å². The normalized spacial score (nSPS) is 53.8. The van der Waals surface area contributed by atoms with Crippen molar-refractivity contribution in [1.82, 2.24) is 0 Å². The van der Waals surface area contributed by atoms with Gasteiger partial charge in [0.25, 0.3) is 0 Å². The molecule has 38 heavy (non-hydrogen) atoms. The average Bonchev–Trinajstić information content (AvgIpc) is 2.86. The highest BCUT2D eigenvalue weighted by Crippen LogP contribution is 2.77. The third-order valence-corrected chi connectivity index (χ3v) is 14.8. The van der Waals surface area contributed by atoms with Crippen LogP contribution in [0.25, 0.3) is 0 Å². The van der Waals surface area contributed by atoms with Crippen LogP contribution in [-0.4, -0.2) is 0 Å². The summed E-state index contributed by atoms with van der Waals surface area (Å²) in [5.74, 6) is 11.4. The Morgan fingerprint density at radius 3 is 1.76 bits per heavy atom. The van der Waals surface area contributed by atoms with E-state index < -0.39 is 0 Å². The van der Waals surface area contributed by atoms with E-state index in [1.54, 1.807) is 0 Å². The summed E-state index contributed by atoms with van der Waals surface area (Å²) in [6, 6.07) is 0. The second-order valence-electron chi connectivity index (χ2n) is 15.9. The zero-order valence-electron chi connectivity index (χ0n) is 29.5. The second kappa shape index (κ2) is 12.5. The fraction of sp³-hybridized carbons (Fsp3) is 1.00. The predicted octanol–water partition coefficient (Wildman–Crippen LogP) is 12.3. The maximum absolute atomic E-state index is 2.80. The van der Waals surface area contributed by atoms with Crippen molar-refractivity contribution >= 4 is 0 Å². The lowest BCUT2D eigenvalue weighted by molar-refractivity contribution is -0.271. The molecule has 15 atom stereocenters. The van der Waals surface area contributed by atoms with Crippen LogP contribution in [0, 0.1) is 93.2 Å². The zero-order chi connectivity index (χ0) is 29.5. The minimum Gasteiger partial charge on any atom is -0.0683 e. The Balaban J connectivity index is 0.00000121. The van der Waals surface area contributed by atoms with Crippen LogP contribution in [0.2, 0.25) is 0 Å². The Labute approximate surface area is 242 Å². The van der Waals surface area contributed by atoms with Crippen LogP contribution in [-0.2, 0) is 0 Å². The summed E-state index contributed by atoms with van der Waals surface area (Å²) in [5.41, 5.74) is 1.41. The molecule has 0 bridgehead atoms. The maximum atomic E-state index is 2.80. The van der Waals surface area contributed by atoms with Crippen molar-refractivity contribution in [3.8, 4) is 0 Å². The predicted molar refractivity (Wildman–Crippen MR) is 172 cm³/mol. The van der Waals surface area contributed by atoms with E-state index in [0.717, 1.165) is 76.9 Å². The van der Waals surface area contributed by atoms with Gasteiger partial charge in [-0.05, 0) is 112 Å². The number of fused-ring (bicyclic) bond motifs is 3. The van der Waals surface area contributed by atoms with Crippen molar-refractivity contribution in [3.05, 3.63) is 0 Å². The van der Waals surface area contributed by atoms with Gasteiger partial charge in [-0.15, -0.1) is 0 Å². The van der Waals surface area contributed by atoms with Crippen molar-refractivity contribution < 1.29 is 0 Å². The first kappa shape index (κ1) is 34.2. The van der Waals surface area contributed by atoms with Crippen LogP contribution in [0.3, 0.4) is 0 Å². The summed E-state index contributed by atoms with van der Waals surface area (Å²) in [6.45, 7) is 42.5. The molecule has 4 fully saturated rings. The van der Waals surface area contributed by atoms with Gasteiger partial charge in [0.1, 0.15) is 0 Å². The second-order valence-corrected chi connectivity index (χ2v) is 15.9. The van der Waals surface area contributed by atoms with Gasteiger partial charge in [0.15, 0.2) is 0 Å². The molecular weight excluding hydrogens is 456 g/mol. The van der Waals surface area contributed by atoms with E-state index >= 15 is 0 Å². The average molecular weight is 531 g/mol. The van der Waals surface area contributed by atoms with Gasteiger partial charge in [-0.3, -0.25) is 0 Å². The van der Waals surface area contributed by atoms with Crippen molar-refractivity contribution in [2.75, 3.05) is 0 Å². The topological polar surface area (TPSA) is 0 Å². The minimum atomic E-state index is 0.439. The fourth-order valence-corrected chi connectivity index (χ4v) is 13.5. The molecule has 0 amide bonds. The monoisotopic (exact) mass is 531 g/mol. The Morgan fingerprint density at radius 2 is 1.29 bits per heavy atom. The summed E-state index contributed by atoms with van der Waals surface area (Å²) in [5, 5.41) is 0. The van der Waals surface area contributed by atoms with Gasteiger partial charge in [-0.1, -0.05) is 131 Å². The lowest BCUT2D eigenvalue weighted by Crippen LogP contribution is -2.69. The van der Waals surface area contributed by atoms with Crippen molar-refractivity contribution in [2.45, 2.75) is 150 Å². The van der Waals surface area contributed by atoms with Crippen molar-refractivity contribution in [2.24, 2.45) is 93.2 Å². The highest BCUT2D eigenvalue weighted by Gasteiger charge is 2.70. The van der Waals surface area contributed by atoms with Crippen LogP contribution >= 0.6 is 0 Å². The van der Waals surface area contributed by atoms with E-state index in [1.807, 2.05) is 27.7 Å². The first-order valence-electron chi connectivity index (χ1n) is 17.7. The minimum absolute atomic E-state index is 0.439. The van der Waals surface area contributed by atoms with E-state index in [9.17, 15) is 0 Å². The Morgan fingerprint density at radius 1 is 0.737 bits per heavy atom. The highest BCUT2D eigenvalue weighted by atomic mass is 14.7. The Bertz CT molecular complexity index is 736. The molecule has 15 unspecified atom stereocenters. The van der Waals surface area contributed by atoms with Crippen LogP contribution in [0.1, 0.15) is 150 Å². The molecule has 4 aliphatic carbocycles. The van der Waals surface area contributed by atoms with Gasteiger partial charge in [-0.2, -0.15) is 0 Å². The molecule has 0 aromatic heterocycles. The van der Waals surface area contributed by atoms with Crippen LogP contribution < -0.4 is 0 Å². The Kier molecular flexibility index (Phi) is 11.2. The van der Waals surface area contributed by atoms with E-state index in [2.05, 4.69) is 90.0 Å². The number of hydrogen-bond acceptors (Lipinski definition) is 0. The molecule has 0 radical (unpaired) electrons. The molecule has 0 aromatic carbocycles. The molecule has 0 heteroatoms. The summed E-state index contributed by atoms with van der Waals surface area (Å²) < 4.78 is 0. The zero-order valence-corrected chi connectivity index (χ0v) is 29.5. The number of rotatable bonds is 3. The molecule has 0 N–H and O–H groups in total. The Hall–Kier alpha value is 0. The SMILES string of the molecule is CC.CC.CCC1CC(C)C(C)C2C(C)C3C(C)C4(C)C(C)C(C(C)C)C(C)C(CC)C4(C)CC3(C)CC12. The van der Waals surface area contributed by atoms with E-state index in [-0.39, 0.29) is 0 Å². The first-order valence-corrected chi connectivity index (χ1v) is 17.7. The third-order valence-electron chi connectivity index (χ3n) is 14.8. The highest BCUT2D eigenvalue weighted by molar-refractivity contribution is 5.18. The lowest BCUT2D eigenvalue weighted by atomic mass is 9.29. The molecule has 226 valence electrons. The smallest absolute Gasteiger partial charge is 0.0212 e. The summed E-state index contributed by atoms with van der Waals surface area (Å²) in [4.78, 5) is 0. The molecule has 0 saturated heterocycles. The summed E-state index contributed by atoms with van der Waals surface area (Å²) >= 11 is 0. The van der Waals surface area contributed by atoms with Crippen molar-refractivity contribution in [3.63, 3.8) is 0 Å². The quantitative estimate of drug-likeness (QED) is 0.340. The molecule has 0 aliphatic heterocycles. The molecule has 0 aromatic rings. The van der Waals surface area contributed by atoms with E-state index in [1.165, 1.54) is 32.1 Å². The third kappa shape index (κ3) is 4.79. The van der Waals surface area contributed by atoms with Crippen LogP contribution in [0.15, 0.2) is 0 Å². The van der Waals surface area contributed by atoms with Crippen LogP contribution in [0.5, 0.6) is 0 Å². The van der Waals surface area contributed by atoms with Crippen LogP contribution in [0.4, 0.5) is 0 Å². The molecule has 4 aliphatic rings. The number of hydrogen-bond donors (Lipinski definition) is 0. The largest absolute Gasteiger partial charge is 0.0683 e. The van der Waals surface area contributed by atoms with Gasteiger partial charge in [0.2, 0.25) is 0 Å². The fourth-order valence-electron chi connectivity index (χ4n) is 13.5. The standard InChI is InChI=1S/C34H62.2C2H6/c1-14-26-16-20(5)21(6)30-23(8)31-25(10)34(13)24(9)29(19(3)4)22(7)28(15-2)33(34,12)18-32(31,11)17-27(26)30;2*1-2/h19-31H,14-18H2,1-13H3;2*1-2H3. The molecule has 0 heterocycles. The van der Waals surface area contributed by atoms with Gasteiger partial charge >= 0.3 is 0 Å². The molecule has 4 rings (SSSR count). The van der Waals surface area contributed by atoms with Crippen molar-refractivity contribution in [1.29, 1.82) is 0 Å². The first-order chi connectivity index (χ1) is 17.7. The molecule has 4 saturated carbocycles. The molecule has 0 spiro atoms. The molecular formula is C38H74. The maximum Gasteiger partial charge on any atom is -0.0212 e. The van der Waals surface area contributed by atoms with E-state index in [0.29, 0.717) is 16.2 Å². The van der Waals surface area contributed by atoms with Gasteiger partial charge in [0, 0.05) is 0 Å². The van der Waals surface area contributed by atoms with E-state index in [4.69, 9.17) is 0 Å². The molecule has 0 nitrogen and oxygen atoms in total. The van der Waals surface area contributed by atoms with Gasteiger partial charge in [-0.25, -0.2) is 0 Å². The summed E-state index contributed by atoms with van der Waals surface area (Å²) in [7, 11) is 0. The summed E-state index contributed by atoms with van der Waals surface area (Å²) in [6.07, 6.45) is 7.25. The van der Waals surface area contributed by atoms with Gasteiger partial charge in [0.05, 0.1) is 0 Å². The lowest BCUT2D eigenvalue weighted by Gasteiger charge is -2.75.